The van der Waals surface area contributed by atoms with Crippen molar-refractivity contribution in [2.24, 2.45) is 10.8 Å². The van der Waals surface area contributed by atoms with Gasteiger partial charge in [0.15, 0.2) is 11.5 Å². The molecule has 2 unspecified atom stereocenters. The number of halogens is 1. The lowest BCUT2D eigenvalue weighted by Crippen LogP contribution is -2.40. The highest BCUT2D eigenvalue weighted by atomic mass is 19.1. The molecule has 0 saturated heterocycles. The molecule has 0 radical (unpaired) electrons. The van der Waals surface area contributed by atoms with Crippen LogP contribution in [0.5, 0.6) is 17.2 Å². The van der Waals surface area contributed by atoms with Crippen molar-refractivity contribution >= 4 is 23.2 Å². The van der Waals surface area contributed by atoms with E-state index in [0.717, 1.165) is 0 Å². The van der Waals surface area contributed by atoms with Gasteiger partial charge in [-0.1, -0.05) is 0 Å². The predicted molar refractivity (Wildman–Crippen MR) is 117 cm³/mol. The van der Waals surface area contributed by atoms with Crippen molar-refractivity contribution in [2.45, 2.75) is 18.5 Å². The number of primary amides is 1. The summed E-state index contributed by atoms with van der Waals surface area (Å²) in [6.07, 6.45) is -0.0774. The van der Waals surface area contributed by atoms with Crippen LogP contribution in [0.1, 0.15) is 18.0 Å². The van der Waals surface area contributed by atoms with Gasteiger partial charge in [-0.05, 0) is 42.0 Å². The van der Waals surface area contributed by atoms with Crippen LogP contribution < -0.4 is 30.3 Å². The van der Waals surface area contributed by atoms with E-state index in [1.54, 1.807) is 12.1 Å². The molecule has 0 saturated carbocycles. The molecule has 1 aliphatic rings. The third-order valence-electron chi connectivity index (χ3n) is 5.02. The molecule has 3 rings (SSSR count). The molecule has 33 heavy (non-hydrogen) atoms. The number of carbonyl (C=O) groups is 2. The molecule has 0 aliphatic carbocycles. The molecule has 2 atom stereocenters. The van der Waals surface area contributed by atoms with Crippen LogP contribution in [0, 0.1) is 17.1 Å². The summed E-state index contributed by atoms with van der Waals surface area (Å²) in [7, 11) is 4.31. The highest BCUT2D eigenvalue weighted by Crippen LogP contribution is 2.39. The number of hydrazone groups is 1. The van der Waals surface area contributed by atoms with Gasteiger partial charge < -0.3 is 25.3 Å². The number of nitrogens with zero attached hydrogens (tertiary/aromatic N) is 3. The van der Waals surface area contributed by atoms with E-state index in [1.165, 1.54) is 50.6 Å². The fourth-order valence-electron chi connectivity index (χ4n) is 3.37. The summed E-state index contributed by atoms with van der Waals surface area (Å²) in [5, 5.41) is 17.7. The van der Waals surface area contributed by atoms with Gasteiger partial charge in [0.2, 0.25) is 11.7 Å². The number of benzene rings is 2. The normalized spacial score (nSPS) is 15.8. The Morgan fingerprint density at radius 1 is 1.18 bits per heavy atom. The summed E-state index contributed by atoms with van der Waals surface area (Å²) >= 11 is 0. The van der Waals surface area contributed by atoms with Gasteiger partial charge in [-0.15, -0.1) is 0 Å². The van der Waals surface area contributed by atoms with Gasteiger partial charge in [0.25, 0.3) is 5.91 Å². The zero-order chi connectivity index (χ0) is 24.1. The first-order chi connectivity index (χ1) is 15.8. The van der Waals surface area contributed by atoms with Crippen LogP contribution in [-0.2, 0) is 9.59 Å². The number of nitrogens with one attached hydrogen (secondary N) is 1. The summed E-state index contributed by atoms with van der Waals surface area (Å²) in [4.78, 5) is 24.8. The Labute approximate surface area is 189 Å². The number of amides is 2. The average molecular weight is 455 g/mol. The second-order valence-electron chi connectivity index (χ2n) is 6.98. The molecule has 172 valence electrons. The maximum atomic E-state index is 13.3. The number of ether oxygens (including phenoxy) is 3. The van der Waals surface area contributed by atoms with Crippen LogP contribution in [-0.4, -0.2) is 44.9 Å². The molecule has 11 heteroatoms. The number of anilines is 1. The SMILES string of the molecule is COc1cc(C(C#N)NC(=O)C2=NN(c3ccc(F)cc3)C(C(N)=O)C2)cc(OC)c1OC. The maximum Gasteiger partial charge on any atom is 0.268 e. The third kappa shape index (κ3) is 4.79. The van der Waals surface area contributed by atoms with Crippen molar-refractivity contribution in [3.63, 3.8) is 0 Å². The first-order valence-electron chi connectivity index (χ1n) is 9.74. The molecular formula is C22H22FN5O5. The number of nitrogens with two attached hydrogens (primary N) is 1. The zero-order valence-corrected chi connectivity index (χ0v) is 18.2. The van der Waals surface area contributed by atoms with Crippen LogP contribution >= 0.6 is 0 Å². The average Bonchev–Trinajstić information content (AvgIpc) is 3.28. The molecule has 10 nitrogen and oxygen atoms in total. The number of rotatable bonds is 8. The molecular weight excluding hydrogens is 433 g/mol. The van der Waals surface area contributed by atoms with E-state index in [-0.39, 0.29) is 12.1 Å². The smallest absolute Gasteiger partial charge is 0.268 e. The lowest BCUT2D eigenvalue weighted by molar-refractivity contribution is -0.119. The van der Waals surface area contributed by atoms with E-state index in [4.69, 9.17) is 19.9 Å². The van der Waals surface area contributed by atoms with Crippen molar-refractivity contribution in [3.8, 4) is 23.3 Å². The van der Waals surface area contributed by atoms with E-state index in [2.05, 4.69) is 10.4 Å². The molecule has 3 N–H and O–H groups in total. The van der Waals surface area contributed by atoms with Gasteiger partial charge in [-0.2, -0.15) is 10.4 Å². The van der Waals surface area contributed by atoms with Crippen molar-refractivity contribution in [3.05, 3.63) is 47.8 Å². The molecule has 0 spiro atoms. The summed E-state index contributed by atoms with van der Waals surface area (Å²) < 4.78 is 29.1. The van der Waals surface area contributed by atoms with Crippen molar-refractivity contribution in [1.29, 1.82) is 5.26 Å². The highest BCUT2D eigenvalue weighted by molar-refractivity contribution is 6.40. The van der Waals surface area contributed by atoms with E-state index in [0.29, 0.717) is 28.5 Å². The first-order valence-corrected chi connectivity index (χ1v) is 9.74. The number of hydrogen-bond acceptors (Lipinski definition) is 8. The highest BCUT2D eigenvalue weighted by Gasteiger charge is 2.35. The molecule has 1 aliphatic heterocycles. The Hall–Kier alpha value is -4.33. The zero-order valence-electron chi connectivity index (χ0n) is 18.2. The van der Waals surface area contributed by atoms with E-state index in [9.17, 15) is 19.2 Å². The molecule has 2 aromatic rings. The molecule has 1 heterocycles. The van der Waals surface area contributed by atoms with Crippen LogP contribution in [0.25, 0.3) is 0 Å². The summed E-state index contributed by atoms with van der Waals surface area (Å²) in [6, 6.07) is 8.34. The summed E-state index contributed by atoms with van der Waals surface area (Å²) in [5.41, 5.74) is 6.25. The number of carbonyl (C=O) groups excluding carboxylic acids is 2. The fraction of sp³-hybridized carbons (Fsp3) is 0.273. The molecule has 0 fully saturated rings. The minimum atomic E-state index is -1.08. The second-order valence-corrected chi connectivity index (χ2v) is 6.98. The number of methoxy groups -OCH3 is 3. The molecule has 2 aromatic carbocycles. The van der Waals surface area contributed by atoms with Gasteiger partial charge in [0, 0.05) is 6.42 Å². The Morgan fingerprint density at radius 3 is 2.27 bits per heavy atom. The molecule has 0 aromatic heterocycles. The van der Waals surface area contributed by atoms with Crippen LogP contribution in [0.4, 0.5) is 10.1 Å². The minimum Gasteiger partial charge on any atom is -0.493 e. The second kappa shape index (κ2) is 9.86. The largest absolute Gasteiger partial charge is 0.493 e. The van der Waals surface area contributed by atoms with Crippen LogP contribution in [0.3, 0.4) is 0 Å². The number of nitriles is 1. The Balaban J connectivity index is 1.87. The maximum absolute atomic E-state index is 13.3. The van der Waals surface area contributed by atoms with E-state index >= 15 is 0 Å². The number of hydrogen-bond donors (Lipinski definition) is 2. The van der Waals surface area contributed by atoms with E-state index in [1.807, 2.05) is 6.07 Å². The molecule has 2 amide bonds. The summed E-state index contributed by atoms with van der Waals surface area (Å²) in [6.45, 7) is 0. The standard InChI is InChI=1S/C22H22FN5O5/c1-31-18-8-12(9-19(32-2)20(18)33-3)16(11-24)26-22(30)15-10-17(21(25)29)28(27-15)14-6-4-13(23)5-7-14/h4-9,16-17H,10H2,1-3H3,(H2,25,29)(H,26,30). The first kappa shape index (κ1) is 23.3. The Bertz CT molecular complexity index is 1100. The topological polar surface area (TPSA) is 139 Å². The third-order valence-corrected chi connectivity index (χ3v) is 5.02. The van der Waals surface area contributed by atoms with E-state index < -0.39 is 29.7 Å². The lowest BCUT2D eigenvalue weighted by Gasteiger charge is -2.20. The Kier molecular flexibility index (Phi) is 6.97. The predicted octanol–water partition coefficient (Wildman–Crippen LogP) is 1.65. The quantitative estimate of drug-likeness (QED) is 0.617. The lowest BCUT2D eigenvalue weighted by atomic mass is 10.0. The van der Waals surface area contributed by atoms with Gasteiger partial charge in [-0.25, -0.2) is 4.39 Å². The van der Waals surface area contributed by atoms with Gasteiger partial charge in [-0.3, -0.25) is 14.6 Å². The van der Waals surface area contributed by atoms with Crippen molar-refractivity contribution < 1.29 is 28.2 Å². The fourth-order valence-corrected chi connectivity index (χ4v) is 3.37. The summed E-state index contributed by atoms with van der Waals surface area (Å²) in [5.74, 6) is -0.853. The van der Waals surface area contributed by atoms with Crippen molar-refractivity contribution in [2.75, 3.05) is 26.3 Å². The van der Waals surface area contributed by atoms with Gasteiger partial charge in [0.1, 0.15) is 23.6 Å². The van der Waals surface area contributed by atoms with Gasteiger partial charge >= 0.3 is 0 Å². The minimum absolute atomic E-state index is 0.00387. The molecule has 0 bridgehead atoms. The monoisotopic (exact) mass is 455 g/mol. The van der Waals surface area contributed by atoms with Gasteiger partial charge in [0.05, 0.1) is 33.1 Å². The Morgan fingerprint density at radius 2 is 1.79 bits per heavy atom. The van der Waals surface area contributed by atoms with Crippen LogP contribution in [0.2, 0.25) is 0 Å². The van der Waals surface area contributed by atoms with Crippen LogP contribution in [0.15, 0.2) is 41.5 Å². The van der Waals surface area contributed by atoms with Crippen molar-refractivity contribution in [1.82, 2.24) is 5.32 Å².